The van der Waals surface area contributed by atoms with E-state index in [1.807, 2.05) is 49.4 Å². The molecule has 3 N–H and O–H groups in total. The van der Waals surface area contributed by atoms with Crippen LogP contribution in [0.5, 0.6) is 5.75 Å². The Hall–Kier alpha value is -3.80. The molecule has 0 aliphatic heterocycles. The highest BCUT2D eigenvalue weighted by atomic mass is 16.5. The van der Waals surface area contributed by atoms with Crippen molar-refractivity contribution < 1.29 is 14.3 Å². The molecule has 172 valence electrons. The summed E-state index contributed by atoms with van der Waals surface area (Å²) in [7, 11) is 0. The standard InChI is InChI=1S/C27H31N3O3/c1-2-18-28-27(32)22-10-12-24(13-11-22)30-26(31)20-29-23-14-16-25(17-15-23)33-19-6-9-21-7-4-3-5-8-21/h3-5,7-8,10-17,29H,2,6,9,18-20H2,1H3,(H,28,32)(H,30,31). The Balaban J connectivity index is 1.36. The number of nitrogens with one attached hydrogen (secondary N) is 3. The van der Waals surface area contributed by atoms with E-state index in [0.717, 1.165) is 30.7 Å². The van der Waals surface area contributed by atoms with Gasteiger partial charge in [-0.05, 0) is 73.4 Å². The van der Waals surface area contributed by atoms with Crippen LogP contribution in [0.4, 0.5) is 11.4 Å². The van der Waals surface area contributed by atoms with Crippen LogP contribution >= 0.6 is 0 Å². The summed E-state index contributed by atoms with van der Waals surface area (Å²) in [5.74, 6) is 0.528. The van der Waals surface area contributed by atoms with Crippen molar-refractivity contribution in [1.29, 1.82) is 0 Å². The van der Waals surface area contributed by atoms with E-state index in [0.29, 0.717) is 24.4 Å². The fourth-order valence-electron chi connectivity index (χ4n) is 3.21. The zero-order valence-electron chi connectivity index (χ0n) is 19.0. The van der Waals surface area contributed by atoms with Gasteiger partial charge in [0.1, 0.15) is 5.75 Å². The molecule has 0 radical (unpaired) electrons. The maximum absolute atomic E-state index is 12.2. The average molecular weight is 446 g/mol. The molecule has 6 heteroatoms. The summed E-state index contributed by atoms with van der Waals surface area (Å²) in [5.41, 5.74) is 3.37. The highest BCUT2D eigenvalue weighted by molar-refractivity contribution is 5.96. The summed E-state index contributed by atoms with van der Waals surface area (Å²) < 4.78 is 5.80. The second-order valence-corrected chi connectivity index (χ2v) is 7.70. The third kappa shape index (κ3) is 8.33. The number of benzene rings is 3. The Morgan fingerprint density at radius 1 is 0.848 bits per heavy atom. The van der Waals surface area contributed by atoms with E-state index < -0.39 is 0 Å². The van der Waals surface area contributed by atoms with Crippen molar-refractivity contribution in [1.82, 2.24) is 5.32 Å². The molecule has 0 fully saturated rings. The number of rotatable bonds is 12. The smallest absolute Gasteiger partial charge is 0.251 e. The third-order valence-corrected chi connectivity index (χ3v) is 5.00. The van der Waals surface area contributed by atoms with Crippen LogP contribution in [-0.2, 0) is 11.2 Å². The minimum Gasteiger partial charge on any atom is -0.494 e. The van der Waals surface area contributed by atoms with Crippen molar-refractivity contribution in [2.75, 3.05) is 30.3 Å². The van der Waals surface area contributed by atoms with Crippen molar-refractivity contribution in [2.45, 2.75) is 26.2 Å². The molecule has 0 aliphatic carbocycles. The van der Waals surface area contributed by atoms with E-state index in [1.165, 1.54) is 5.56 Å². The summed E-state index contributed by atoms with van der Waals surface area (Å²) in [5, 5.41) is 8.75. The lowest BCUT2D eigenvalue weighted by Gasteiger charge is -2.10. The average Bonchev–Trinajstić information content (AvgIpc) is 2.85. The first-order valence-electron chi connectivity index (χ1n) is 11.3. The second-order valence-electron chi connectivity index (χ2n) is 7.70. The predicted octanol–water partition coefficient (Wildman–Crippen LogP) is 4.89. The molecule has 6 nitrogen and oxygen atoms in total. The van der Waals surface area contributed by atoms with E-state index in [2.05, 4.69) is 28.1 Å². The van der Waals surface area contributed by atoms with Gasteiger partial charge in [0, 0.05) is 23.5 Å². The van der Waals surface area contributed by atoms with Crippen molar-refractivity contribution >= 4 is 23.2 Å². The molecule has 0 saturated heterocycles. The normalized spacial score (nSPS) is 10.3. The summed E-state index contributed by atoms with van der Waals surface area (Å²) >= 11 is 0. The highest BCUT2D eigenvalue weighted by Crippen LogP contribution is 2.16. The van der Waals surface area contributed by atoms with Crippen molar-refractivity contribution in [2.24, 2.45) is 0 Å². The SMILES string of the molecule is CCCNC(=O)c1ccc(NC(=O)CNc2ccc(OCCCc3ccccc3)cc2)cc1. The van der Waals surface area contributed by atoms with Crippen LogP contribution in [-0.4, -0.2) is 31.5 Å². The molecular formula is C27H31N3O3. The molecule has 33 heavy (non-hydrogen) atoms. The topological polar surface area (TPSA) is 79.5 Å². The predicted molar refractivity (Wildman–Crippen MR) is 133 cm³/mol. The van der Waals surface area contributed by atoms with Crippen molar-refractivity contribution in [3.8, 4) is 5.75 Å². The number of aryl methyl sites for hydroxylation is 1. The molecule has 3 rings (SSSR count). The monoisotopic (exact) mass is 445 g/mol. The largest absolute Gasteiger partial charge is 0.494 e. The Bertz CT molecular complexity index is 1000. The quantitative estimate of drug-likeness (QED) is 0.347. The maximum Gasteiger partial charge on any atom is 0.251 e. The Labute approximate surface area is 195 Å². The summed E-state index contributed by atoms with van der Waals surface area (Å²) in [6, 6.07) is 24.8. The van der Waals surface area contributed by atoms with Crippen LogP contribution in [0.1, 0.15) is 35.7 Å². The van der Waals surface area contributed by atoms with E-state index in [9.17, 15) is 9.59 Å². The summed E-state index contributed by atoms with van der Waals surface area (Å²) in [6.07, 6.45) is 2.83. The number of carbonyl (C=O) groups is 2. The van der Waals surface area contributed by atoms with Crippen LogP contribution in [0.25, 0.3) is 0 Å². The molecule has 0 unspecified atom stereocenters. The summed E-state index contributed by atoms with van der Waals surface area (Å²) in [6.45, 7) is 3.44. The minimum absolute atomic E-state index is 0.111. The Morgan fingerprint density at radius 2 is 1.55 bits per heavy atom. The first-order chi connectivity index (χ1) is 16.1. The van der Waals surface area contributed by atoms with Gasteiger partial charge in [0.05, 0.1) is 13.2 Å². The fourth-order valence-corrected chi connectivity index (χ4v) is 3.21. The van der Waals surface area contributed by atoms with E-state index in [1.54, 1.807) is 24.3 Å². The van der Waals surface area contributed by atoms with E-state index in [-0.39, 0.29) is 18.4 Å². The van der Waals surface area contributed by atoms with Gasteiger partial charge >= 0.3 is 0 Å². The van der Waals surface area contributed by atoms with Gasteiger partial charge in [-0.1, -0.05) is 37.3 Å². The number of amides is 2. The van der Waals surface area contributed by atoms with Gasteiger partial charge < -0.3 is 20.7 Å². The number of hydrogen-bond acceptors (Lipinski definition) is 4. The Morgan fingerprint density at radius 3 is 2.24 bits per heavy atom. The first-order valence-corrected chi connectivity index (χ1v) is 11.3. The number of ether oxygens (including phenoxy) is 1. The molecule has 2 amide bonds. The van der Waals surface area contributed by atoms with Gasteiger partial charge in [-0.3, -0.25) is 9.59 Å². The number of hydrogen-bond donors (Lipinski definition) is 3. The zero-order chi connectivity index (χ0) is 23.3. The molecule has 0 spiro atoms. The van der Waals surface area contributed by atoms with Gasteiger partial charge in [-0.15, -0.1) is 0 Å². The minimum atomic E-state index is -0.167. The van der Waals surface area contributed by atoms with Crippen LogP contribution in [0.2, 0.25) is 0 Å². The molecular weight excluding hydrogens is 414 g/mol. The van der Waals surface area contributed by atoms with E-state index in [4.69, 9.17) is 4.74 Å². The molecule has 3 aromatic rings. The lowest BCUT2D eigenvalue weighted by atomic mass is 10.1. The third-order valence-electron chi connectivity index (χ3n) is 5.00. The molecule has 0 saturated carbocycles. The van der Waals surface area contributed by atoms with Crippen LogP contribution in [0, 0.1) is 0 Å². The lowest BCUT2D eigenvalue weighted by Crippen LogP contribution is -2.24. The van der Waals surface area contributed by atoms with Crippen molar-refractivity contribution in [3.63, 3.8) is 0 Å². The lowest BCUT2D eigenvalue weighted by molar-refractivity contribution is -0.114. The van der Waals surface area contributed by atoms with Gasteiger partial charge in [0.15, 0.2) is 0 Å². The van der Waals surface area contributed by atoms with Gasteiger partial charge in [0.2, 0.25) is 5.91 Å². The summed E-state index contributed by atoms with van der Waals surface area (Å²) in [4.78, 5) is 24.2. The van der Waals surface area contributed by atoms with Gasteiger partial charge in [-0.25, -0.2) is 0 Å². The van der Waals surface area contributed by atoms with Crippen LogP contribution in [0.15, 0.2) is 78.9 Å². The molecule has 0 aromatic heterocycles. The van der Waals surface area contributed by atoms with Crippen LogP contribution < -0.4 is 20.7 Å². The molecule has 0 atom stereocenters. The molecule has 0 aliphatic rings. The number of anilines is 2. The number of carbonyl (C=O) groups excluding carboxylic acids is 2. The van der Waals surface area contributed by atoms with Crippen molar-refractivity contribution in [3.05, 3.63) is 90.0 Å². The zero-order valence-corrected chi connectivity index (χ0v) is 19.0. The molecule has 0 heterocycles. The van der Waals surface area contributed by atoms with Gasteiger partial charge in [0.25, 0.3) is 5.91 Å². The first kappa shape index (κ1) is 23.9. The Kier molecular flexibility index (Phi) is 9.33. The maximum atomic E-state index is 12.2. The van der Waals surface area contributed by atoms with E-state index >= 15 is 0 Å². The highest BCUT2D eigenvalue weighted by Gasteiger charge is 2.06. The fraction of sp³-hybridized carbons (Fsp3) is 0.259. The molecule has 0 bridgehead atoms. The molecule has 3 aromatic carbocycles. The van der Waals surface area contributed by atoms with Crippen LogP contribution in [0.3, 0.4) is 0 Å². The van der Waals surface area contributed by atoms with Gasteiger partial charge in [-0.2, -0.15) is 0 Å². The second kappa shape index (κ2) is 12.9.